The fourth-order valence-electron chi connectivity index (χ4n) is 3.82. The third-order valence-corrected chi connectivity index (χ3v) is 7.11. The summed E-state index contributed by atoms with van der Waals surface area (Å²) in [7, 11) is -3.47. The number of carbonyl (C=O) groups excluding carboxylic acids is 1. The van der Waals surface area contributed by atoms with E-state index in [1.165, 1.54) is 17.1 Å². The molecule has 2 aliphatic rings. The molecule has 0 unspecified atom stereocenters. The zero-order valence-corrected chi connectivity index (χ0v) is 16.1. The average Bonchev–Trinajstić information content (AvgIpc) is 2.91. The maximum absolute atomic E-state index is 12.8. The Bertz CT molecular complexity index is 685. The van der Waals surface area contributed by atoms with Crippen LogP contribution in [-0.2, 0) is 14.8 Å². The van der Waals surface area contributed by atoms with Crippen LogP contribution in [0.3, 0.4) is 0 Å². The Kier molecular flexibility index (Phi) is 6.67. The zero-order chi connectivity index (χ0) is 18.4. The summed E-state index contributed by atoms with van der Waals surface area (Å²) in [6.07, 6.45) is 6.77. The largest absolute Gasteiger partial charge is 0.289 e. The normalized spacial score (nSPS) is 23.3. The van der Waals surface area contributed by atoms with Crippen molar-refractivity contribution in [1.82, 2.24) is 14.7 Å². The van der Waals surface area contributed by atoms with Gasteiger partial charge in [0.25, 0.3) is 0 Å². The summed E-state index contributed by atoms with van der Waals surface area (Å²) in [6, 6.07) is 8.55. The molecule has 0 aliphatic carbocycles. The van der Waals surface area contributed by atoms with E-state index in [9.17, 15) is 13.2 Å². The number of carbonyl (C=O) groups is 1. The van der Waals surface area contributed by atoms with E-state index in [-0.39, 0.29) is 11.8 Å². The van der Waals surface area contributed by atoms with Crippen LogP contribution in [-0.4, -0.2) is 49.8 Å². The van der Waals surface area contributed by atoms with E-state index >= 15 is 0 Å². The van der Waals surface area contributed by atoms with Gasteiger partial charge in [0.1, 0.15) is 0 Å². The average molecular weight is 380 g/mol. The second kappa shape index (κ2) is 8.97. The van der Waals surface area contributed by atoms with Crippen LogP contribution in [0.25, 0.3) is 0 Å². The molecule has 2 saturated heterocycles. The molecule has 0 radical (unpaired) electrons. The van der Waals surface area contributed by atoms with E-state index in [1.54, 1.807) is 24.3 Å². The van der Waals surface area contributed by atoms with Gasteiger partial charge in [-0.2, -0.15) is 4.31 Å². The van der Waals surface area contributed by atoms with E-state index < -0.39 is 10.0 Å². The molecule has 0 saturated carbocycles. The molecule has 3 rings (SSSR count). The Morgan fingerprint density at radius 1 is 1.00 bits per heavy atom. The van der Waals surface area contributed by atoms with Crippen LogP contribution in [0.4, 0.5) is 0 Å². The molecule has 2 fully saturated rings. The molecule has 1 aromatic rings. The van der Waals surface area contributed by atoms with Crippen molar-refractivity contribution in [3.05, 3.63) is 30.3 Å². The second-order valence-electron chi connectivity index (χ2n) is 7.32. The zero-order valence-electron chi connectivity index (χ0n) is 15.3. The number of hydrogen-bond donors (Lipinski definition) is 1. The third-order valence-electron chi connectivity index (χ3n) is 5.23. The molecule has 6 nitrogen and oxygen atoms in total. The van der Waals surface area contributed by atoms with Crippen LogP contribution < -0.4 is 5.43 Å². The molecule has 26 heavy (non-hydrogen) atoms. The first-order chi connectivity index (χ1) is 12.6. The van der Waals surface area contributed by atoms with Gasteiger partial charge in [0.05, 0.1) is 4.90 Å². The van der Waals surface area contributed by atoms with Crippen LogP contribution in [0.5, 0.6) is 0 Å². The van der Waals surface area contributed by atoms with Gasteiger partial charge < -0.3 is 0 Å². The minimum atomic E-state index is -3.47. The highest BCUT2D eigenvalue weighted by Gasteiger charge is 2.31. The topological polar surface area (TPSA) is 69.7 Å². The van der Waals surface area contributed by atoms with Crippen molar-refractivity contribution in [2.45, 2.75) is 49.8 Å². The number of sulfonamides is 1. The summed E-state index contributed by atoms with van der Waals surface area (Å²) in [5.74, 6) is 0.0880. The Morgan fingerprint density at radius 3 is 2.38 bits per heavy atom. The van der Waals surface area contributed by atoms with Gasteiger partial charge in [-0.15, -0.1) is 0 Å². The molecule has 0 aromatic heterocycles. The number of hydrazine groups is 1. The summed E-state index contributed by atoms with van der Waals surface area (Å²) in [6.45, 7) is 2.77. The summed E-state index contributed by atoms with van der Waals surface area (Å²) >= 11 is 0. The van der Waals surface area contributed by atoms with Crippen molar-refractivity contribution >= 4 is 15.9 Å². The number of nitrogens with zero attached hydrogens (tertiary/aromatic N) is 2. The highest BCUT2D eigenvalue weighted by Crippen LogP contribution is 2.25. The summed E-state index contributed by atoms with van der Waals surface area (Å²) in [4.78, 5) is 12.7. The molecular weight excluding hydrogens is 350 g/mol. The van der Waals surface area contributed by atoms with Gasteiger partial charge in [-0.3, -0.25) is 10.2 Å². The molecule has 144 valence electrons. The van der Waals surface area contributed by atoms with Crippen molar-refractivity contribution in [2.24, 2.45) is 5.92 Å². The van der Waals surface area contributed by atoms with Gasteiger partial charge >= 0.3 is 0 Å². The molecule has 1 atom stereocenters. The van der Waals surface area contributed by atoms with Crippen LogP contribution in [0.15, 0.2) is 35.2 Å². The first-order valence-corrected chi connectivity index (χ1v) is 11.1. The molecule has 2 aliphatic heterocycles. The van der Waals surface area contributed by atoms with Gasteiger partial charge in [0.15, 0.2) is 0 Å². The maximum atomic E-state index is 12.8. The lowest BCUT2D eigenvalue weighted by Gasteiger charge is -2.32. The minimum absolute atomic E-state index is 0.0101. The third kappa shape index (κ3) is 5.05. The van der Waals surface area contributed by atoms with Crippen molar-refractivity contribution < 1.29 is 13.2 Å². The Hall–Kier alpha value is -1.44. The maximum Gasteiger partial charge on any atom is 0.243 e. The van der Waals surface area contributed by atoms with Crippen LogP contribution >= 0.6 is 0 Å². The number of rotatable bonds is 5. The van der Waals surface area contributed by atoms with E-state index in [0.29, 0.717) is 24.4 Å². The van der Waals surface area contributed by atoms with Gasteiger partial charge in [-0.25, -0.2) is 13.4 Å². The van der Waals surface area contributed by atoms with Crippen molar-refractivity contribution in [2.75, 3.05) is 26.2 Å². The van der Waals surface area contributed by atoms with Gasteiger partial charge in [-0.1, -0.05) is 31.0 Å². The first kappa shape index (κ1) is 19.3. The molecule has 0 spiro atoms. The smallest absolute Gasteiger partial charge is 0.243 e. The molecule has 0 bridgehead atoms. The summed E-state index contributed by atoms with van der Waals surface area (Å²) in [5.41, 5.74) is 3.02. The monoisotopic (exact) mass is 379 g/mol. The predicted octanol–water partition coefficient (Wildman–Crippen LogP) is 2.38. The summed E-state index contributed by atoms with van der Waals surface area (Å²) in [5, 5.41) is 2.02. The number of amides is 1. The number of hydrogen-bond acceptors (Lipinski definition) is 4. The number of piperidine rings is 1. The molecule has 2 heterocycles. The quantitative estimate of drug-likeness (QED) is 0.853. The Balaban J connectivity index is 1.55. The second-order valence-corrected chi connectivity index (χ2v) is 9.26. The summed E-state index contributed by atoms with van der Waals surface area (Å²) < 4.78 is 27.1. The highest BCUT2D eigenvalue weighted by atomic mass is 32.2. The van der Waals surface area contributed by atoms with Gasteiger partial charge in [-0.05, 0) is 43.7 Å². The molecule has 1 aromatic carbocycles. The SMILES string of the molecule is O=C(C[C@H]1CCCN(S(=O)(=O)c2ccccc2)C1)NN1CCCCCC1. The lowest BCUT2D eigenvalue weighted by molar-refractivity contribution is -0.127. The fourth-order valence-corrected chi connectivity index (χ4v) is 5.40. The van der Waals surface area contributed by atoms with Crippen molar-refractivity contribution in [3.8, 4) is 0 Å². The lowest BCUT2D eigenvalue weighted by Crippen LogP contribution is -2.45. The first-order valence-electron chi connectivity index (χ1n) is 9.65. The highest BCUT2D eigenvalue weighted by molar-refractivity contribution is 7.89. The van der Waals surface area contributed by atoms with E-state index in [2.05, 4.69) is 5.43 Å². The van der Waals surface area contributed by atoms with Gasteiger partial charge in [0.2, 0.25) is 15.9 Å². The van der Waals surface area contributed by atoms with Gasteiger partial charge in [0, 0.05) is 32.6 Å². The van der Waals surface area contributed by atoms with Crippen molar-refractivity contribution in [3.63, 3.8) is 0 Å². The van der Waals surface area contributed by atoms with Crippen LogP contribution in [0.1, 0.15) is 44.9 Å². The molecule has 1 amide bonds. The standard InChI is InChI=1S/C19H29N3O3S/c23-19(20-21-12-6-1-2-7-13-21)15-17-9-8-14-22(16-17)26(24,25)18-10-4-3-5-11-18/h3-5,10-11,17H,1-2,6-9,12-16H2,(H,20,23)/t17-/m1/s1. The molecule has 1 N–H and O–H groups in total. The lowest BCUT2D eigenvalue weighted by atomic mass is 9.96. The number of benzene rings is 1. The van der Waals surface area contributed by atoms with Crippen molar-refractivity contribution in [1.29, 1.82) is 0 Å². The predicted molar refractivity (Wildman–Crippen MR) is 101 cm³/mol. The molecule has 7 heteroatoms. The number of nitrogens with one attached hydrogen (secondary N) is 1. The Morgan fingerprint density at radius 2 is 1.69 bits per heavy atom. The van der Waals surface area contributed by atoms with E-state index in [4.69, 9.17) is 0 Å². The fraction of sp³-hybridized carbons (Fsp3) is 0.632. The van der Waals surface area contributed by atoms with Crippen LogP contribution in [0.2, 0.25) is 0 Å². The van der Waals surface area contributed by atoms with E-state index in [1.807, 2.05) is 11.1 Å². The van der Waals surface area contributed by atoms with Crippen LogP contribution in [0, 0.1) is 5.92 Å². The minimum Gasteiger partial charge on any atom is -0.289 e. The van der Waals surface area contributed by atoms with E-state index in [0.717, 1.165) is 38.8 Å². The Labute approximate surface area is 156 Å². The molecular formula is C19H29N3O3S.